The van der Waals surface area contributed by atoms with Crippen LogP contribution in [0.1, 0.15) is 15.9 Å². The van der Waals surface area contributed by atoms with Crippen molar-refractivity contribution in [2.75, 3.05) is 43.1 Å². The number of amides is 1. The van der Waals surface area contributed by atoms with E-state index in [4.69, 9.17) is 14.7 Å². The number of nitrogens with zero attached hydrogens (tertiary/aromatic N) is 2. The van der Waals surface area contributed by atoms with Gasteiger partial charge in [-0.2, -0.15) is 5.26 Å². The molecule has 0 bridgehead atoms. The number of esters is 1. The number of hydrogen-bond acceptors (Lipinski definition) is 7. The van der Waals surface area contributed by atoms with E-state index in [0.717, 1.165) is 0 Å². The first-order valence-electron chi connectivity index (χ1n) is 7.97. The molecule has 2 aromatic rings. The van der Waals surface area contributed by atoms with Gasteiger partial charge in [0.2, 0.25) is 0 Å². The first kappa shape index (κ1) is 17.8. The highest BCUT2D eigenvalue weighted by Crippen LogP contribution is 2.22. The van der Waals surface area contributed by atoms with E-state index in [0.29, 0.717) is 48.2 Å². The van der Waals surface area contributed by atoms with Crippen LogP contribution in [0.15, 0.2) is 29.8 Å². The summed E-state index contributed by atoms with van der Waals surface area (Å²) in [4.78, 5) is 29.4. The van der Waals surface area contributed by atoms with Gasteiger partial charge in [-0.1, -0.05) is 0 Å². The Hall–Kier alpha value is -2.96. The summed E-state index contributed by atoms with van der Waals surface area (Å²) in [5.41, 5.74) is 0.734. The lowest BCUT2D eigenvalue weighted by atomic mass is 10.2. The minimum absolute atomic E-state index is 0.357. The molecule has 0 atom stereocenters. The lowest BCUT2D eigenvalue weighted by molar-refractivity contribution is -0.364. The average molecular weight is 373 g/mol. The molecule has 0 unspecified atom stereocenters. The maximum absolute atomic E-state index is 12.4. The van der Waals surface area contributed by atoms with Crippen molar-refractivity contribution in [3.05, 3.63) is 40.9 Å². The van der Waals surface area contributed by atoms with E-state index >= 15 is 0 Å². The summed E-state index contributed by atoms with van der Waals surface area (Å²) < 4.78 is 10.5. The second-order valence-electron chi connectivity index (χ2n) is 5.43. The van der Waals surface area contributed by atoms with E-state index in [2.05, 4.69) is 10.3 Å². The summed E-state index contributed by atoms with van der Waals surface area (Å²) in [5.74, 6) is -0.443. The minimum Gasteiger partial charge on any atom is -0.452 e. The van der Waals surface area contributed by atoms with Gasteiger partial charge in [0.15, 0.2) is 6.61 Å². The number of anilines is 2. The third-order valence-electron chi connectivity index (χ3n) is 3.75. The molecule has 26 heavy (non-hydrogen) atoms. The number of carbonyl (C=O) groups excluding carboxylic acids is 2. The molecule has 2 N–H and O–H groups in total. The molecule has 8 nitrogen and oxygen atoms in total. The van der Waals surface area contributed by atoms with E-state index in [9.17, 15) is 9.59 Å². The van der Waals surface area contributed by atoms with Gasteiger partial charge in [0.25, 0.3) is 11.7 Å². The molecule has 0 aliphatic carbocycles. The summed E-state index contributed by atoms with van der Waals surface area (Å²) in [6, 6.07) is 6.94. The van der Waals surface area contributed by atoms with Gasteiger partial charge in [-0.25, -0.2) is 9.78 Å². The number of pyridine rings is 1. The number of aromatic amines is 1. The molecule has 3 rings (SSSR count). The topological polar surface area (TPSA) is 106 Å². The number of morpholine rings is 1. The highest BCUT2D eigenvalue weighted by molar-refractivity contribution is 7.14. The van der Waals surface area contributed by atoms with E-state index < -0.39 is 18.5 Å². The molecule has 1 saturated heterocycles. The van der Waals surface area contributed by atoms with E-state index in [1.165, 1.54) is 11.3 Å². The van der Waals surface area contributed by atoms with Gasteiger partial charge in [0.1, 0.15) is 29.7 Å². The summed E-state index contributed by atoms with van der Waals surface area (Å²) in [6.07, 6.45) is 1.73. The molecule has 9 heteroatoms. The zero-order valence-corrected chi connectivity index (χ0v) is 14.7. The van der Waals surface area contributed by atoms with Crippen LogP contribution in [0.4, 0.5) is 10.8 Å². The van der Waals surface area contributed by atoms with Crippen LogP contribution < -0.4 is 15.2 Å². The van der Waals surface area contributed by atoms with Gasteiger partial charge < -0.3 is 14.8 Å². The van der Waals surface area contributed by atoms with Gasteiger partial charge in [0.05, 0.1) is 25.0 Å². The highest BCUT2D eigenvalue weighted by Gasteiger charge is 2.27. The molecule has 1 aliphatic heterocycles. The van der Waals surface area contributed by atoms with Crippen molar-refractivity contribution >= 4 is 34.0 Å². The van der Waals surface area contributed by atoms with Gasteiger partial charge in [-0.3, -0.25) is 9.69 Å². The Morgan fingerprint density at radius 1 is 1.38 bits per heavy atom. The lowest BCUT2D eigenvalue weighted by Crippen LogP contribution is -2.40. The Kier molecular flexibility index (Phi) is 5.78. The Morgan fingerprint density at radius 3 is 2.96 bits per heavy atom. The Balaban J connectivity index is 1.62. The number of nitrogens with one attached hydrogen (secondary N) is 2. The molecule has 0 saturated carbocycles. The minimum atomic E-state index is -0.592. The van der Waals surface area contributed by atoms with Crippen LogP contribution in [0.5, 0.6) is 0 Å². The molecule has 0 spiro atoms. The quantitative estimate of drug-likeness (QED) is 0.786. The SMILES string of the molecule is N#Cc1ccsc1NC(=O)COC(=O)c1ccc[nH+]c1N1CCOCC1. The molecule has 1 amide bonds. The smallest absolute Gasteiger partial charge is 0.347 e. The second kappa shape index (κ2) is 8.42. The summed E-state index contributed by atoms with van der Waals surface area (Å²) in [5, 5.41) is 13.7. The fraction of sp³-hybridized carbons (Fsp3) is 0.294. The van der Waals surface area contributed by atoms with Crippen LogP contribution in [0.25, 0.3) is 0 Å². The van der Waals surface area contributed by atoms with Gasteiger partial charge in [-0.05, 0) is 23.6 Å². The number of nitriles is 1. The Labute approximate surface area is 154 Å². The number of ether oxygens (including phenoxy) is 2. The number of carbonyl (C=O) groups is 2. The van der Waals surface area contributed by atoms with Crippen molar-refractivity contribution in [3.8, 4) is 6.07 Å². The predicted octanol–water partition coefficient (Wildman–Crippen LogP) is 1.07. The van der Waals surface area contributed by atoms with Crippen molar-refractivity contribution in [2.45, 2.75) is 0 Å². The van der Waals surface area contributed by atoms with Crippen molar-refractivity contribution in [1.82, 2.24) is 0 Å². The molecular weight excluding hydrogens is 356 g/mol. The van der Waals surface area contributed by atoms with Crippen molar-refractivity contribution in [2.24, 2.45) is 0 Å². The van der Waals surface area contributed by atoms with Crippen LogP contribution in [-0.2, 0) is 14.3 Å². The maximum Gasteiger partial charge on any atom is 0.347 e. The van der Waals surface area contributed by atoms with Crippen LogP contribution in [0.2, 0.25) is 0 Å². The van der Waals surface area contributed by atoms with Gasteiger partial charge >= 0.3 is 5.97 Å². The van der Waals surface area contributed by atoms with Gasteiger partial charge in [0, 0.05) is 0 Å². The first-order valence-corrected chi connectivity index (χ1v) is 8.85. The normalized spacial score (nSPS) is 13.7. The fourth-order valence-electron chi connectivity index (χ4n) is 2.51. The first-order chi connectivity index (χ1) is 12.7. The predicted molar refractivity (Wildman–Crippen MR) is 94.0 cm³/mol. The Morgan fingerprint density at radius 2 is 2.19 bits per heavy atom. The molecule has 1 aliphatic rings. The number of aromatic nitrogens is 1. The van der Waals surface area contributed by atoms with E-state index in [1.807, 2.05) is 11.0 Å². The summed E-state index contributed by atoms with van der Waals surface area (Å²) in [6.45, 7) is 2.07. The number of hydrogen-bond donors (Lipinski definition) is 1. The molecule has 2 aromatic heterocycles. The van der Waals surface area contributed by atoms with Crippen LogP contribution in [0, 0.1) is 11.3 Å². The van der Waals surface area contributed by atoms with E-state index in [-0.39, 0.29) is 0 Å². The molecule has 3 heterocycles. The van der Waals surface area contributed by atoms with Crippen molar-refractivity contribution < 1.29 is 24.0 Å². The van der Waals surface area contributed by atoms with Gasteiger partial charge in [-0.15, -0.1) is 11.3 Å². The van der Waals surface area contributed by atoms with Crippen LogP contribution >= 0.6 is 11.3 Å². The lowest BCUT2D eigenvalue weighted by Gasteiger charge is -2.22. The zero-order chi connectivity index (χ0) is 18.4. The third-order valence-corrected chi connectivity index (χ3v) is 4.58. The van der Waals surface area contributed by atoms with Crippen LogP contribution in [-0.4, -0.2) is 44.8 Å². The average Bonchev–Trinajstić information content (AvgIpc) is 3.14. The van der Waals surface area contributed by atoms with Crippen molar-refractivity contribution in [1.29, 1.82) is 5.26 Å². The number of H-pyrrole nitrogens is 1. The molecule has 134 valence electrons. The summed E-state index contributed by atoms with van der Waals surface area (Å²) in [7, 11) is 0. The fourth-order valence-corrected chi connectivity index (χ4v) is 3.26. The number of thiophene rings is 1. The molecule has 0 radical (unpaired) electrons. The largest absolute Gasteiger partial charge is 0.452 e. The van der Waals surface area contributed by atoms with Crippen molar-refractivity contribution in [3.63, 3.8) is 0 Å². The number of rotatable bonds is 5. The molecule has 1 fully saturated rings. The monoisotopic (exact) mass is 373 g/mol. The highest BCUT2D eigenvalue weighted by atomic mass is 32.1. The van der Waals surface area contributed by atoms with Crippen LogP contribution in [0.3, 0.4) is 0 Å². The zero-order valence-electron chi connectivity index (χ0n) is 13.9. The Bertz CT molecular complexity index is 839. The van der Waals surface area contributed by atoms with E-state index in [1.54, 1.807) is 29.8 Å². The molecular formula is C17H17N4O4S+. The second-order valence-corrected chi connectivity index (χ2v) is 6.35. The standard InChI is InChI=1S/C17H16N4O4S/c18-10-12-3-9-26-16(12)20-14(22)11-25-17(23)13-2-1-4-19-15(13)21-5-7-24-8-6-21/h1-4,9H,5-8,11H2,(H,20,22)/p+1. The maximum atomic E-state index is 12.4. The third kappa shape index (κ3) is 4.17. The molecule has 0 aromatic carbocycles. The summed E-state index contributed by atoms with van der Waals surface area (Å²) >= 11 is 1.24.